The number of carbonyl (C=O) groups is 1. The fraction of sp³-hybridized carbons (Fsp3) is 0.900. The highest BCUT2D eigenvalue weighted by molar-refractivity contribution is 5.77. The van der Waals surface area contributed by atoms with Gasteiger partial charge in [-0.1, -0.05) is 20.8 Å². The Labute approximate surface area is 81.1 Å². The van der Waals surface area contributed by atoms with Crippen LogP contribution in [0.4, 0.5) is 0 Å². The van der Waals surface area contributed by atoms with E-state index in [0.29, 0.717) is 5.92 Å². The summed E-state index contributed by atoms with van der Waals surface area (Å²) >= 11 is 0. The summed E-state index contributed by atoms with van der Waals surface area (Å²) in [5.41, 5.74) is 0. The minimum absolute atomic E-state index is 0.122. The summed E-state index contributed by atoms with van der Waals surface area (Å²) in [6.07, 6.45) is 1.13. The van der Waals surface area contributed by atoms with Gasteiger partial charge in [0.1, 0.15) is 6.61 Å². The van der Waals surface area contributed by atoms with Crippen molar-refractivity contribution in [3.05, 3.63) is 0 Å². The van der Waals surface area contributed by atoms with Gasteiger partial charge in [0, 0.05) is 20.2 Å². The van der Waals surface area contributed by atoms with Crippen LogP contribution in [0, 0.1) is 5.92 Å². The lowest BCUT2D eigenvalue weighted by Gasteiger charge is -2.14. The summed E-state index contributed by atoms with van der Waals surface area (Å²) in [5, 5.41) is 0. The number of methoxy groups -OCH3 is 1. The third-order valence-electron chi connectivity index (χ3n) is 2.04. The number of likely N-dealkylation sites (tertiary alicyclic amines) is 1. The largest absolute Gasteiger partial charge is 0.375 e. The number of ether oxygens (including phenoxy) is 1. The molecule has 1 saturated heterocycles. The second-order valence-corrected chi connectivity index (χ2v) is 3.17. The third kappa shape index (κ3) is 4.27. The van der Waals surface area contributed by atoms with Gasteiger partial charge in [0.05, 0.1) is 0 Å². The van der Waals surface area contributed by atoms with Crippen LogP contribution in [0.1, 0.15) is 27.2 Å². The molecule has 1 unspecified atom stereocenters. The van der Waals surface area contributed by atoms with Gasteiger partial charge in [-0.3, -0.25) is 4.79 Å². The van der Waals surface area contributed by atoms with Crippen molar-refractivity contribution >= 4 is 5.91 Å². The number of hydrogen-bond acceptors (Lipinski definition) is 2. The van der Waals surface area contributed by atoms with Gasteiger partial charge in [-0.25, -0.2) is 0 Å². The van der Waals surface area contributed by atoms with Crippen LogP contribution in [0.25, 0.3) is 0 Å². The Bertz CT molecular complexity index is 148. The molecule has 0 aromatic heterocycles. The predicted molar refractivity (Wildman–Crippen MR) is 53.6 cm³/mol. The van der Waals surface area contributed by atoms with Crippen LogP contribution in [-0.4, -0.2) is 37.6 Å². The summed E-state index contributed by atoms with van der Waals surface area (Å²) in [7, 11) is 1.55. The van der Waals surface area contributed by atoms with E-state index in [0.717, 1.165) is 19.5 Å². The van der Waals surface area contributed by atoms with Gasteiger partial charge in [-0.15, -0.1) is 0 Å². The zero-order chi connectivity index (χ0) is 10.3. The Balaban J connectivity index is 0.000000671. The van der Waals surface area contributed by atoms with E-state index >= 15 is 0 Å². The van der Waals surface area contributed by atoms with E-state index in [1.807, 2.05) is 18.7 Å². The Hall–Kier alpha value is -0.570. The molecule has 0 spiro atoms. The number of amides is 1. The van der Waals surface area contributed by atoms with Crippen LogP contribution in [-0.2, 0) is 9.53 Å². The number of carbonyl (C=O) groups excluding carboxylic acids is 1. The lowest BCUT2D eigenvalue weighted by molar-refractivity contribution is -0.134. The van der Waals surface area contributed by atoms with E-state index in [9.17, 15) is 4.79 Å². The Morgan fingerprint density at radius 1 is 1.54 bits per heavy atom. The fourth-order valence-corrected chi connectivity index (χ4v) is 1.38. The number of rotatable bonds is 2. The standard InChI is InChI=1S/C8H15NO2.C2H6/c1-7-3-4-9(5-7)8(10)6-11-2;1-2/h7H,3-6H2,1-2H3;1-2H3. The zero-order valence-electron chi connectivity index (χ0n) is 9.17. The first-order valence-electron chi connectivity index (χ1n) is 5.00. The van der Waals surface area contributed by atoms with Crippen molar-refractivity contribution < 1.29 is 9.53 Å². The molecule has 0 N–H and O–H groups in total. The van der Waals surface area contributed by atoms with Crippen LogP contribution in [0.3, 0.4) is 0 Å². The van der Waals surface area contributed by atoms with Gasteiger partial charge in [-0.05, 0) is 12.3 Å². The molecule has 0 aromatic carbocycles. The minimum atomic E-state index is 0.122. The highest BCUT2D eigenvalue weighted by atomic mass is 16.5. The molecular weight excluding hydrogens is 166 g/mol. The highest BCUT2D eigenvalue weighted by Crippen LogP contribution is 2.14. The quantitative estimate of drug-likeness (QED) is 0.656. The Morgan fingerprint density at radius 3 is 2.54 bits per heavy atom. The molecule has 1 aliphatic rings. The molecule has 1 heterocycles. The van der Waals surface area contributed by atoms with Gasteiger partial charge >= 0.3 is 0 Å². The molecule has 1 amide bonds. The summed E-state index contributed by atoms with van der Waals surface area (Å²) in [6, 6.07) is 0. The average molecular weight is 187 g/mol. The van der Waals surface area contributed by atoms with Gasteiger partial charge in [0.15, 0.2) is 0 Å². The lowest BCUT2D eigenvalue weighted by atomic mass is 10.2. The third-order valence-corrected chi connectivity index (χ3v) is 2.04. The van der Waals surface area contributed by atoms with Crippen LogP contribution < -0.4 is 0 Å². The molecule has 13 heavy (non-hydrogen) atoms. The first-order chi connectivity index (χ1) is 6.24. The molecule has 1 atom stereocenters. The van der Waals surface area contributed by atoms with E-state index in [2.05, 4.69) is 6.92 Å². The molecule has 0 aromatic rings. The molecule has 1 fully saturated rings. The summed E-state index contributed by atoms with van der Waals surface area (Å²) in [4.78, 5) is 13.1. The average Bonchev–Trinajstić information content (AvgIpc) is 2.56. The van der Waals surface area contributed by atoms with Gasteiger partial charge in [-0.2, -0.15) is 0 Å². The summed E-state index contributed by atoms with van der Waals surface area (Å²) < 4.78 is 4.76. The smallest absolute Gasteiger partial charge is 0.248 e. The second kappa shape index (κ2) is 6.89. The summed E-state index contributed by atoms with van der Waals surface area (Å²) in [5.74, 6) is 0.785. The van der Waals surface area contributed by atoms with Crippen LogP contribution >= 0.6 is 0 Å². The lowest BCUT2D eigenvalue weighted by Crippen LogP contribution is -2.31. The van der Waals surface area contributed by atoms with Crippen molar-refractivity contribution in [3.8, 4) is 0 Å². The predicted octanol–water partition coefficient (Wildman–Crippen LogP) is 1.53. The molecule has 3 heteroatoms. The topological polar surface area (TPSA) is 29.5 Å². The fourth-order valence-electron chi connectivity index (χ4n) is 1.38. The molecule has 0 aliphatic carbocycles. The van der Waals surface area contributed by atoms with Crippen molar-refractivity contribution in [2.75, 3.05) is 26.8 Å². The first kappa shape index (κ1) is 12.4. The van der Waals surface area contributed by atoms with E-state index in [1.165, 1.54) is 0 Å². The maximum absolute atomic E-state index is 11.2. The minimum Gasteiger partial charge on any atom is -0.375 e. The molecule has 1 rings (SSSR count). The Morgan fingerprint density at radius 2 is 2.15 bits per heavy atom. The van der Waals surface area contributed by atoms with Crippen molar-refractivity contribution in [1.82, 2.24) is 4.90 Å². The van der Waals surface area contributed by atoms with Crippen LogP contribution in [0.5, 0.6) is 0 Å². The van der Waals surface area contributed by atoms with E-state index in [-0.39, 0.29) is 12.5 Å². The maximum atomic E-state index is 11.2. The van der Waals surface area contributed by atoms with E-state index < -0.39 is 0 Å². The molecule has 3 nitrogen and oxygen atoms in total. The number of nitrogens with zero attached hydrogens (tertiary/aromatic N) is 1. The Kier molecular flexibility index (Phi) is 6.59. The molecular formula is C10H21NO2. The normalized spacial score (nSPS) is 20.9. The summed E-state index contributed by atoms with van der Waals surface area (Å²) in [6.45, 7) is 8.21. The van der Waals surface area contributed by atoms with Gasteiger partial charge < -0.3 is 9.64 Å². The van der Waals surface area contributed by atoms with Gasteiger partial charge in [0.25, 0.3) is 0 Å². The monoisotopic (exact) mass is 187 g/mol. The second-order valence-electron chi connectivity index (χ2n) is 3.17. The molecule has 1 aliphatic heterocycles. The van der Waals surface area contributed by atoms with Crippen molar-refractivity contribution in [1.29, 1.82) is 0 Å². The zero-order valence-corrected chi connectivity index (χ0v) is 9.17. The molecule has 0 saturated carbocycles. The maximum Gasteiger partial charge on any atom is 0.248 e. The SMILES string of the molecule is CC.COCC(=O)N1CCC(C)C1. The van der Waals surface area contributed by atoms with Crippen molar-refractivity contribution in [2.45, 2.75) is 27.2 Å². The molecule has 0 bridgehead atoms. The van der Waals surface area contributed by atoms with Crippen molar-refractivity contribution in [3.63, 3.8) is 0 Å². The van der Waals surface area contributed by atoms with Gasteiger partial charge in [0.2, 0.25) is 5.91 Å². The first-order valence-corrected chi connectivity index (χ1v) is 5.00. The molecule has 0 radical (unpaired) electrons. The van der Waals surface area contributed by atoms with Crippen LogP contribution in [0.15, 0.2) is 0 Å². The van der Waals surface area contributed by atoms with E-state index in [1.54, 1.807) is 7.11 Å². The number of hydrogen-bond donors (Lipinski definition) is 0. The molecule has 78 valence electrons. The highest BCUT2D eigenvalue weighted by Gasteiger charge is 2.22. The van der Waals surface area contributed by atoms with Crippen LogP contribution in [0.2, 0.25) is 0 Å². The van der Waals surface area contributed by atoms with Crippen molar-refractivity contribution in [2.24, 2.45) is 5.92 Å². The van der Waals surface area contributed by atoms with E-state index in [4.69, 9.17) is 4.74 Å².